The number of aliphatic hydroxyl groups is 5. The number of aryl methyl sites for hydroxylation is 1. The van der Waals surface area contributed by atoms with Gasteiger partial charge in [0.1, 0.15) is 66.9 Å². The highest BCUT2D eigenvalue weighted by molar-refractivity contribution is 6.07. The minimum absolute atomic E-state index is 0.137. The van der Waals surface area contributed by atoms with Gasteiger partial charge in [0.25, 0.3) is 0 Å². The van der Waals surface area contributed by atoms with Gasteiger partial charge in [0.2, 0.25) is 11.3 Å². The molecular weight excluding hydrogens is 560 g/mol. The molecule has 2 aromatic rings. The van der Waals surface area contributed by atoms with Gasteiger partial charge in [0.15, 0.2) is 11.2 Å². The quantitative estimate of drug-likeness (QED) is 0.163. The van der Waals surface area contributed by atoms with Gasteiger partial charge in [-0.3, -0.25) is 14.7 Å². The van der Waals surface area contributed by atoms with Gasteiger partial charge in [0, 0.05) is 30.2 Å². The molecule has 43 heavy (non-hydrogen) atoms. The Bertz CT molecular complexity index is 1530. The van der Waals surface area contributed by atoms with E-state index in [9.17, 15) is 25.2 Å². The maximum absolute atomic E-state index is 13.2. The van der Waals surface area contributed by atoms with E-state index in [4.69, 9.17) is 24.0 Å². The van der Waals surface area contributed by atoms with Crippen LogP contribution < -0.4 is 15.1 Å². The number of aliphatic hydroxyl groups excluding tert-OH is 5. The third-order valence-electron chi connectivity index (χ3n) is 9.28. The van der Waals surface area contributed by atoms with Gasteiger partial charge in [-0.25, -0.2) is 9.78 Å². The lowest BCUT2D eigenvalue weighted by Gasteiger charge is -2.45. The molecule has 0 amide bonds. The predicted octanol–water partition coefficient (Wildman–Crippen LogP) is 0.120. The van der Waals surface area contributed by atoms with Crippen molar-refractivity contribution in [3.05, 3.63) is 57.7 Å². The summed E-state index contributed by atoms with van der Waals surface area (Å²) in [4.78, 5) is 30.0. The molecule has 4 heterocycles. The third-order valence-corrected chi connectivity index (χ3v) is 9.28. The molecule has 0 saturated heterocycles. The molecule has 4 aliphatic rings. The number of aliphatic imine (C=N–C) groups is 1. The monoisotopic (exact) mass is 599 g/mol. The molecule has 1 saturated carbocycles. The molecular formula is C31H39N2O10+. The molecule has 232 valence electrons. The van der Waals surface area contributed by atoms with Crippen molar-refractivity contribution in [2.45, 2.75) is 82.1 Å². The molecule has 3 aliphatic heterocycles. The van der Waals surface area contributed by atoms with Crippen LogP contribution in [0.5, 0.6) is 5.75 Å². The molecule has 1 aliphatic carbocycles. The number of rotatable bonds is 10. The van der Waals surface area contributed by atoms with Crippen molar-refractivity contribution in [2.24, 2.45) is 10.9 Å². The zero-order chi connectivity index (χ0) is 30.5. The highest BCUT2D eigenvalue weighted by Gasteiger charge is 2.51. The van der Waals surface area contributed by atoms with E-state index in [1.807, 2.05) is 13.0 Å². The Hall–Kier alpha value is -2.94. The van der Waals surface area contributed by atoms with Gasteiger partial charge < -0.3 is 34.7 Å². The summed E-state index contributed by atoms with van der Waals surface area (Å²) in [6.07, 6.45) is 2.69. The Labute approximate surface area is 248 Å². The highest BCUT2D eigenvalue weighted by atomic mass is 17.2. The normalized spacial score (nSPS) is 27.8. The fourth-order valence-corrected chi connectivity index (χ4v) is 6.76. The van der Waals surface area contributed by atoms with E-state index in [-0.39, 0.29) is 11.3 Å². The van der Waals surface area contributed by atoms with Crippen LogP contribution in [0.15, 0.2) is 50.4 Å². The Balaban J connectivity index is 1.35. The van der Waals surface area contributed by atoms with Gasteiger partial charge >= 0.3 is 0 Å². The largest absolute Gasteiger partial charge is 0.478 e. The summed E-state index contributed by atoms with van der Waals surface area (Å²) in [5.41, 5.74) is 2.95. The van der Waals surface area contributed by atoms with E-state index in [2.05, 4.69) is 11.2 Å². The van der Waals surface area contributed by atoms with E-state index in [0.29, 0.717) is 35.4 Å². The summed E-state index contributed by atoms with van der Waals surface area (Å²) in [7, 11) is 0. The number of fused-ring (bicyclic) bond motifs is 3. The van der Waals surface area contributed by atoms with Crippen molar-refractivity contribution in [3.63, 3.8) is 0 Å². The summed E-state index contributed by atoms with van der Waals surface area (Å²) in [5, 5.41) is 49.6. The van der Waals surface area contributed by atoms with E-state index in [0.717, 1.165) is 53.1 Å². The van der Waals surface area contributed by atoms with Crippen LogP contribution in [0.1, 0.15) is 43.9 Å². The van der Waals surface area contributed by atoms with Crippen molar-refractivity contribution in [3.8, 4) is 5.75 Å². The number of hydrogen-bond acceptors (Lipinski definition) is 11. The summed E-state index contributed by atoms with van der Waals surface area (Å²) >= 11 is 0. The lowest BCUT2D eigenvalue weighted by atomic mass is 9.78. The topological polar surface area (TPSA) is 176 Å². The first-order chi connectivity index (χ1) is 20.6. The lowest BCUT2D eigenvalue weighted by molar-refractivity contribution is -0.759. The first kappa shape index (κ1) is 30.1. The second-order valence-electron chi connectivity index (χ2n) is 12.2. The average molecular weight is 600 g/mol. The smallest absolute Gasteiger partial charge is 0.222 e. The molecule has 12 heteroatoms. The maximum Gasteiger partial charge on any atom is 0.222 e. The molecule has 1 fully saturated rings. The molecule has 0 bridgehead atoms. The molecule has 1 unspecified atom stereocenters. The highest BCUT2D eigenvalue weighted by Crippen LogP contribution is 2.48. The molecule has 12 nitrogen and oxygen atoms in total. The summed E-state index contributed by atoms with van der Waals surface area (Å²) in [6.45, 7) is 3.04. The number of allylic oxidation sites excluding steroid dienone is 1. The zero-order valence-corrected chi connectivity index (χ0v) is 24.2. The molecule has 6 N–H and O–H groups in total. The van der Waals surface area contributed by atoms with Gasteiger partial charge in [-0.1, -0.05) is 12.8 Å². The second kappa shape index (κ2) is 11.9. The van der Waals surface area contributed by atoms with E-state index < -0.39 is 49.3 Å². The lowest BCUT2D eigenvalue weighted by Crippen LogP contribution is -3.01. The van der Waals surface area contributed by atoms with E-state index in [1.165, 1.54) is 6.07 Å². The number of quaternary nitrogens is 1. The van der Waals surface area contributed by atoms with Crippen molar-refractivity contribution in [1.82, 2.24) is 0 Å². The zero-order valence-electron chi connectivity index (χ0n) is 24.2. The van der Waals surface area contributed by atoms with Gasteiger partial charge in [-0.15, -0.1) is 0 Å². The van der Waals surface area contributed by atoms with Crippen LogP contribution in [0, 0.1) is 12.8 Å². The van der Waals surface area contributed by atoms with E-state index in [1.54, 1.807) is 19.2 Å². The molecule has 0 spiro atoms. The Kier molecular flexibility index (Phi) is 8.31. The van der Waals surface area contributed by atoms with Gasteiger partial charge in [-0.05, 0) is 38.8 Å². The van der Waals surface area contributed by atoms with Crippen LogP contribution in [0.2, 0.25) is 0 Å². The Morgan fingerprint density at radius 3 is 2.60 bits per heavy atom. The molecule has 7 atom stereocenters. The SMILES string of the molecule is Cc1cc(=O)c2cc3c(c([NH+]4C=C5C=CN=C5C4)c2o1)O[C@](C)(C1CCCC1)[C@H](OOC[C@H](O)[C@@H](O)[C@H](O)[C@H](O)CO)C3. The summed E-state index contributed by atoms with van der Waals surface area (Å²) < 4.78 is 13.2. The van der Waals surface area contributed by atoms with Crippen molar-refractivity contribution < 1.29 is 49.4 Å². The number of nitrogens with zero attached hydrogens (tertiary/aromatic N) is 1. The number of hydrogen-bond donors (Lipinski definition) is 6. The maximum atomic E-state index is 13.2. The minimum Gasteiger partial charge on any atom is -0.478 e. The van der Waals surface area contributed by atoms with E-state index >= 15 is 0 Å². The van der Waals surface area contributed by atoms with Crippen LogP contribution in [-0.4, -0.2) is 87.1 Å². The van der Waals surface area contributed by atoms with Crippen molar-refractivity contribution in [1.29, 1.82) is 0 Å². The predicted molar refractivity (Wildman–Crippen MR) is 154 cm³/mol. The standard InChI is InChI=1S/C31H38N2O10/c1-16-9-22(35)20-10-18-11-25(43-40-15-24(37)28(39)27(38)23(36)14-34)31(2,19-5-3-4-6-19)42-29(18)26(30(20)41-16)33-12-17-7-8-32-21(17)13-33/h7-10,12,19,23-25,27-28,34,36-39H,3-6,11,13-15H2,1-2H3/p+1/t23-,24+,25-,27-,28-,31-/m1/s1. The number of nitrogens with one attached hydrogen (secondary N) is 1. The number of ether oxygens (including phenoxy) is 1. The fraction of sp³-hybridized carbons (Fsp3) is 0.548. The molecule has 1 aromatic heterocycles. The molecule has 0 radical (unpaired) electrons. The second-order valence-corrected chi connectivity index (χ2v) is 12.2. The van der Waals surface area contributed by atoms with Crippen LogP contribution >= 0.6 is 0 Å². The average Bonchev–Trinajstić information content (AvgIpc) is 3.74. The summed E-state index contributed by atoms with van der Waals surface area (Å²) in [5.74, 6) is 1.28. The Morgan fingerprint density at radius 1 is 1.14 bits per heavy atom. The Morgan fingerprint density at radius 2 is 1.88 bits per heavy atom. The minimum atomic E-state index is -1.77. The first-order valence-electron chi connectivity index (χ1n) is 14.8. The number of benzene rings is 1. The molecule has 1 aromatic carbocycles. The van der Waals surface area contributed by atoms with Crippen LogP contribution in [0.4, 0.5) is 5.69 Å². The van der Waals surface area contributed by atoms with Gasteiger partial charge in [0.05, 0.1) is 17.6 Å². The van der Waals surface area contributed by atoms with Crippen LogP contribution in [-0.2, 0) is 16.2 Å². The van der Waals surface area contributed by atoms with Crippen LogP contribution in [0.3, 0.4) is 0 Å². The molecule has 6 rings (SSSR count). The summed E-state index contributed by atoms with van der Waals surface area (Å²) in [6, 6.07) is 3.26. The van der Waals surface area contributed by atoms with Crippen molar-refractivity contribution >= 4 is 22.4 Å². The van der Waals surface area contributed by atoms with Gasteiger partial charge in [-0.2, -0.15) is 0 Å². The third kappa shape index (κ3) is 5.47. The fourth-order valence-electron chi connectivity index (χ4n) is 6.76. The van der Waals surface area contributed by atoms with Crippen LogP contribution in [0.25, 0.3) is 11.0 Å². The van der Waals surface area contributed by atoms with Crippen molar-refractivity contribution in [2.75, 3.05) is 19.8 Å². The first-order valence-corrected chi connectivity index (χ1v) is 14.8.